The monoisotopic (exact) mass is 471 g/mol. The van der Waals surface area contributed by atoms with E-state index in [0.29, 0.717) is 16.8 Å². The van der Waals surface area contributed by atoms with Crippen molar-refractivity contribution in [2.75, 3.05) is 4.90 Å². The van der Waals surface area contributed by atoms with E-state index < -0.39 is 18.2 Å². The Labute approximate surface area is 195 Å². The van der Waals surface area contributed by atoms with Gasteiger partial charge >= 0.3 is 18.2 Å². The van der Waals surface area contributed by atoms with Gasteiger partial charge in [0.25, 0.3) is 0 Å². The van der Waals surface area contributed by atoms with E-state index in [4.69, 9.17) is 0 Å². The predicted molar refractivity (Wildman–Crippen MR) is 123 cm³/mol. The standard InChI is InChI=1S/C26H24F3NO4/c1-25(2,3)19-12-8-17(9-13-19)16-30(23(31)24(32)33)22-7-5-4-6-21(22)18-10-14-20(15-11-18)34-26(27,28)29/h4-15H,16H2,1-3H3,(H,32,33). The first-order chi connectivity index (χ1) is 15.8. The number of para-hydroxylation sites is 1. The molecule has 0 spiro atoms. The molecule has 1 N–H and O–H groups in total. The zero-order chi connectivity index (χ0) is 25.1. The van der Waals surface area contributed by atoms with E-state index in [-0.39, 0.29) is 17.7 Å². The van der Waals surface area contributed by atoms with E-state index in [9.17, 15) is 27.9 Å². The van der Waals surface area contributed by atoms with Crippen molar-refractivity contribution in [3.63, 3.8) is 0 Å². The molecule has 0 aromatic heterocycles. The number of hydrogen-bond donors (Lipinski definition) is 1. The Hall–Kier alpha value is -3.81. The van der Waals surface area contributed by atoms with E-state index in [1.165, 1.54) is 12.1 Å². The molecule has 1 amide bonds. The lowest BCUT2D eigenvalue weighted by Crippen LogP contribution is -2.36. The van der Waals surface area contributed by atoms with Crippen molar-refractivity contribution in [1.29, 1.82) is 0 Å². The molecule has 3 aromatic carbocycles. The molecule has 3 aromatic rings. The first kappa shape index (κ1) is 24.8. The lowest BCUT2D eigenvalue weighted by atomic mass is 9.86. The number of carboxylic acid groups (broad SMARTS) is 1. The summed E-state index contributed by atoms with van der Waals surface area (Å²) in [5.41, 5.74) is 3.06. The molecule has 8 heteroatoms. The van der Waals surface area contributed by atoms with Gasteiger partial charge in [0, 0.05) is 5.56 Å². The van der Waals surface area contributed by atoms with Crippen LogP contribution < -0.4 is 9.64 Å². The lowest BCUT2D eigenvalue weighted by Gasteiger charge is -2.25. The van der Waals surface area contributed by atoms with Crippen molar-refractivity contribution in [2.45, 2.75) is 39.1 Å². The summed E-state index contributed by atoms with van der Waals surface area (Å²) < 4.78 is 41.3. The van der Waals surface area contributed by atoms with Crippen molar-refractivity contribution in [3.8, 4) is 16.9 Å². The number of alkyl halides is 3. The van der Waals surface area contributed by atoms with Gasteiger partial charge in [-0.1, -0.05) is 75.4 Å². The average molecular weight is 471 g/mol. The fourth-order valence-electron chi connectivity index (χ4n) is 3.46. The summed E-state index contributed by atoms with van der Waals surface area (Å²) in [6, 6.07) is 19.3. The number of ether oxygens (including phenoxy) is 1. The maximum atomic E-state index is 12.6. The molecule has 0 unspecified atom stereocenters. The number of carbonyl (C=O) groups is 2. The number of hydrogen-bond acceptors (Lipinski definition) is 3. The van der Waals surface area contributed by atoms with Crippen LogP contribution in [0, 0.1) is 0 Å². The zero-order valence-corrected chi connectivity index (χ0v) is 18.9. The van der Waals surface area contributed by atoms with E-state index >= 15 is 0 Å². The SMILES string of the molecule is CC(C)(C)c1ccc(CN(C(=O)C(=O)O)c2ccccc2-c2ccc(OC(F)(F)F)cc2)cc1. The number of rotatable bonds is 5. The third-order valence-electron chi connectivity index (χ3n) is 5.18. The van der Waals surface area contributed by atoms with Crippen molar-refractivity contribution in [3.05, 3.63) is 83.9 Å². The molecule has 0 bridgehead atoms. The van der Waals surface area contributed by atoms with Crippen LogP contribution in [0.4, 0.5) is 18.9 Å². The highest BCUT2D eigenvalue weighted by atomic mass is 19.4. The number of carboxylic acids is 1. The van der Waals surface area contributed by atoms with Gasteiger partial charge in [-0.25, -0.2) is 4.79 Å². The minimum atomic E-state index is -4.81. The molecular formula is C26H24F3NO4. The zero-order valence-electron chi connectivity index (χ0n) is 18.9. The Morgan fingerprint density at radius 1 is 0.882 bits per heavy atom. The van der Waals surface area contributed by atoms with Gasteiger partial charge in [0.15, 0.2) is 0 Å². The second kappa shape index (κ2) is 9.59. The van der Waals surface area contributed by atoms with Gasteiger partial charge in [-0.15, -0.1) is 13.2 Å². The number of nitrogens with zero attached hydrogens (tertiary/aromatic N) is 1. The molecule has 3 rings (SSSR count). The topological polar surface area (TPSA) is 66.8 Å². The van der Waals surface area contributed by atoms with Gasteiger partial charge in [-0.3, -0.25) is 9.69 Å². The summed E-state index contributed by atoms with van der Waals surface area (Å²) in [5, 5.41) is 9.43. The fourth-order valence-corrected chi connectivity index (χ4v) is 3.46. The molecule has 0 aliphatic carbocycles. The summed E-state index contributed by atoms with van der Waals surface area (Å²) in [6.45, 7) is 6.22. The Morgan fingerprint density at radius 3 is 2.00 bits per heavy atom. The fraction of sp³-hybridized carbons (Fsp3) is 0.231. The maximum absolute atomic E-state index is 12.6. The third-order valence-corrected chi connectivity index (χ3v) is 5.18. The summed E-state index contributed by atoms with van der Waals surface area (Å²) in [6.07, 6.45) is -4.81. The predicted octanol–water partition coefficient (Wildman–Crippen LogP) is 6.17. The third kappa shape index (κ3) is 6.15. The van der Waals surface area contributed by atoms with Crippen molar-refractivity contribution < 1.29 is 32.6 Å². The second-order valence-electron chi connectivity index (χ2n) is 8.73. The minimum absolute atomic E-state index is 0.00182. The number of amides is 1. The van der Waals surface area contributed by atoms with Crippen LogP contribution in [-0.4, -0.2) is 23.3 Å². The molecule has 34 heavy (non-hydrogen) atoms. The Balaban J connectivity index is 1.98. The first-order valence-corrected chi connectivity index (χ1v) is 10.4. The molecule has 0 atom stereocenters. The number of benzene rings is 3. The van der Waals surface area contributed by atoms with E-state index in [1.54, 1.807) is 24.3 Å². The second-order valence-corrected chi connectivity index (χ2v) is 8.73. The molecule has 0 saturated carbocycles. The molecule has 0 fully saturated rings. The maximum Gasteiger partial charge on any atom is 0.573 e. The van der Waals surface area contributed by atoms with Gasteiger partial charge < -0.3 is 9.84 Å². The minimum Gasteiger partial charge on any atom is -0.474 e. The van der Waals surface area contributed by atoms with Crippen molar-refractivity contribution >= 4 is 17.6 Å². The quantitative estimate of drug-likeness (QED) is 0.452. The van der Waals surface area contributed by atoms with Crippen LogP contribution in [-0.2, 0) is 21.5 Å². The Kier molecular flexibility index (Phi) is 7.00. The van der Waals surface area contributed by atoms with Gasteiger partial charge in [-0.2, -0.15) is 0 Å². The highest BCUT2D eigenvalue weighted by Crippen LogP contribution is 2.34. The van der Waals surface area contributed by atoms with Crippen molar-refractivity contribution in [1.82, 2.24) is 0 Å². The van der Waals surface area contributed by atoms with Crippen molar-refractivity contribution in [2.24, 2.45) is 0 Å². The van der Waals surface area contributed by atoms with Gasteiger partial charge in [0.05, 0.1) is 12.2 Å². The Bertz CT molecular complexity index is 1160. The normalized spacial score (nSPS) is 11.7. The van der Waals surface area contributed by atoms with Gasteiger partial charge in [0.2, 0.25) is 0 Å². The largest absolute Gasteiger partial charge is 0.573 e. The highest BCUT2D eigenvalue weighted by Gasteiger charge is 2.31. The summed E-state index contributed by atoms with van der Waals surface area (Å²) in [5.74, 6) is -3.12. The van der Waals surface area contributed by atoms with Crippen LogP contribution in [0.2, 0.25) is 0 Å². The smallest absolute Gasteiger partial charge is 0.474 e. The molecule has 0 radical (unpaired) electrons. The lowest BCUT2D eigenvalue weighted by molar-refractivity contribution is -0.274. The molecule has 5 nitrogen and oxygen atoms in total. The molecule has 0 saturated heterocycles. The molecule has 0 heterocycles. The van der Waals surface area contributed by atoms with E-state index in [0.717, 1.165) is 28.2 Å². The van der Waals surface area contributed by atoms with Crippen LogP contribution in [0.3, 0.4) is 0 Å². The first-order valence-electron chi connectivity index (χ1n) is 10.4. The van der Waals surface area contributed by atoms with Crippen LogP contribution in [0.15, 0.2) is 72.8 Å². The number of halogens is 3. The van der Waals surface area contributed by atoms with Crippen LogP contribution >= 0.6 is 0 Å². The van der Waals surface area contributed by atoms with E-state index in [2.05, 4.69) is 25.5 Å². The van der Waals surface area contributed by atoms with E-state index in [1.807, 2.05) is 24.3 Å². The number of carbonyl (C=O) groups excluding carboxylic acids is 1. The molecule has 0 aliphatic heterocycles. The number of aliphatic carboxylic acids is 1. The average Bonchev–Trinajstić information content (AvgIpc) is 2.76. The van der Waals surface area contributed by atoms with Gasteiger partial charge in [-0.05, 0) is 40.3 Å². The Morgan fingerprint density at radius 2 is 1.47 bits per heavy atom. The highest BCUT2D eigenvalue weighted by molar-refractivity contribution is 6.37. The van der Waals surface area contributed by atoms with Crippen LogP contribution in [0.5, 0.6) is 5.75 Å². The number of anilines is 1. The summed E-state index contributed by atoms with van der Waals surface area (Å²) >= 11 is 0. The van der Waals surface area contributed by atoms with Crippen LogP contribution in [0.1, 0.15) is 31.9 Å². The molecule has 0 aliphatic rings. The molecular weight excluding hydrogens is 447 g/mol. The summed E-state index contributed by atoms with van der Waals surface area (Å²) in [7, 11) is 0. The summed E-state index contributed by atoms with van der Waals surface area (Å²) in [4.78, 5) is 25.4. The van der Waals surface area contributed by atoms with Crippen LogP contribution in [0.25, 0.3) is 11.1 Å². The molecule has 178 valence electrons. The van der Waals surface area contributed by atoms with Gasteiger partial charge in [0.1, 0.15) is 5.75 Å².